The molecule has 0 spiro atoms. The molecule has 0 bridgehead atoms. The normalized spacial score (nSPS) is 25.4. The standard InChI is InChI=1S/C14H18N4O2/c1-14(19-7-8-20-14)11-3-2-6-18(10-11)13-12(9-15)16-4-5-17-13/h4-5,11H,2-3,6-8,10H2,1H3/t11-/m1/s1. The van der Waals surface area contributed by atoms with Crippen molar-refractivity contribution in [2.45, 2.75) is 25.6 Å². The van der Waals surface area contributed by atoms with E-state index in [2.05, 4.69) is 20.9 Å². The van der Waals surface area contributed by atoms with E-state index in [1.165, 1.54) is 0 Å². The third-order valence-electron chi connectivity index (χ3n) is 4.11. The summed E-state index contributed by atoms with van der Waals surface area (Å²) in [5.41, 5.74) is 0.381. The van der Waals surface area contributed by atoms with Crippen molar-refractivity contribution < 1.29 is 9.47 Å². The van der Waals surface area contributed by atoms with E-state index in [0.717, 1.165) is 25.9 Å². The van der Waals surface area contributed by atoms with Crippen molar-refractivity contribution in [1.29, 1.82) is 5.26 Å². The van der Waals surface area contributed by atoms with Gasteiger partial charge >= 0.3 is 0 Å². The zero-order valence-corrected chi connectivity index (χ0v) is 11.6. The number of nitriles is 1. The fourth-order valence-electron chi connectivity index (χ4n) is 3.00. The summed E-state index contributed by atoms with van der Waals surface area (Å²) in [6.45, 7) is 4.99. The van der Waals surface area contributed by atoms with Gasteiger partial charge in [0, 0.05) is 31.4 Å². The largest absolute Gasteiger partial charge is 0.354 e. The number of anilines is 1. The van der Waals surface area contributed by atoms with Crippen LogP contribution in [-0.2, 0) is 9.47 Å². The molecule has 0 unspecified atom stereocenters. The second-order valence-electron chi connectivity index (χ2n) is 5.34. The van der Waals surface area contributed by atoms with Crippen molar-refractivity contribution >= 4 is 5.82 Å². The minimum Gasteiger partial charge on any atom is -0.354 e. The zero-order chi connectivity index (χ0) is 14.0. The van der Waals surface area contributed by atoms with Gasteiger partial charge in [0.15, 0.2) is 17.3 Å². The van der Waals surface area contributed by atoms with E-state index in [1.807, 2.05) is 6.92 Å². The Balaban J connectivity index is 1.80. The van der Waals surface area contributed by atoms with Crippen molar-refractivity contribution in [3.05, 3.63) is 18.1 Å². The van der Waals surface area contributed by atoms with E-state index < -0.39 is 5.79 Å². The van der Waals surface area contributed by atoms with Crippen LogP contribution in [0.1, 0.15) is 25.5 Å². The summed E-state index contributed by atoms with van der Waals surface area (Å²) in [4.78, 5) is 10.5. The Labute approximate surface area is 118 Å². The van der Waals surface area contributed by atoms with Crippen molar-refractivity contribution in [2.24, 2.45) is 5.92 Å². The first-order valence-corrected chi connectivity index (χ1v) is 6.97. The lowest BCUT2D eigenvalue weighted by Crippen LogP contribution is -2.47. The van der Waals surface area contributed by atoms with Gasteiger partial charge < -0.3 is 14.4 Å². The minimum atomic E-state index is -0.506. The maximum absolute atomic E-state index is 9.15. The average molecular weight is 274 g/mol. The zero-order valence-electron chi connectivity index (χ0n) is 11.6. The molecule has 0 aromatic carbocycles. The fraction of sp³-hybridized carbons (Fsp3) is 0.643. The highest BCUT2D eigenvalue weighted by Crippen LogP contribution is 2.35. The molecule has 2 saturated heterocycles. The molecule has 3 rings (SSSR count). The van der Waals surface area contributed by atoms with Crippen molar-refractivity contribution in [3.63, 3.8) is 0 Å². The predicted molar refractivity (Wildman–Crippen MR) is 72.0 cm³/mol. The van der Waals surface area contributed by atoms with Gasteiger partial charge in [-0.15, -0.1) is 0 Å². The Morgan fingerprint density at radius 1 is 1.35 bits per heavy atom. The highest BCUT2D eigenvalue weighted by Gasteiger charge is 2.42. The molecule has 2 fully saturated rings. The molecule has 1 aromatic rings. The van der Waals surface area contributed by atoms with Gasteiger partial charge in [0.1, 0.15) is 6.07 Å². The van der Waals surface area contributed by atoms with Crippen molar-refractivity contribution in [2.75, 3.05) is 31.2 Å². The Hall–Kier alpha value is -1.71. The molecule has 20 heavy (non-hydrogen) atoms. The molecule has 2 aliphatic heterocycles. The molecule has 0 radical (unpaired) electrons. The second-order valence-corrected chi connectivity index (χ2v) is 5.34. The van der Waals surface area contributed by atoms with Gasteiger partial charge in [-0.05, 0) is 19.8 Å². The molecule has 0 amide bonds. The molecule has 0 N–H and O–H groups in total. The number of ether oxygens (including phenoxy) is 2. The van der Waals surface area contributed by atoms with Crippen LogP contribution in [-0.4, -0.2) is 42.1 Å². The van der Waals surface area contributed by atoms with E-state index in [0.29, 0.717) is 24.7 Å². The molecule has 1 atom stereocenters. The summed E-state index contributed by atoms with van der Waals surface area (Å²) in [7, 11) is 0. The lowest BCUT2D eigenvalue weighted by molar-refractivity contribution is -0.182. The Bertz CT molecular complexity index is 522. The van der Waals surface area contributed by atoms with Crippen LogP contribution in [0.2, 0.25) is 0 Å². The average Bonchev–Trinajstić information content (AvgIpc) is 2.95. The van der Waals surface area contributed by atoms with Crippen LogP contribution in [0, 0.1) is 17.2 Å². The monoisotopic (exact) mass is 274 g/mol. The SMILES string of the molecule is CC1([C@@H]2CCCN(c3nccnc3C#N)C2)OCCO1. The topological polar surface area (TPSA) is 71.3 Å². The molecule has 2 aliphatic rings. The Morgan fingerprint density at radius 3 is 2.85 bits per heavy atom. The Kier molecular flexibility index (Phi) is 3.55. The third-order valence-corrected chi connectivity index (χ3v) is 4.11. The summed E-state index contributed by atoms with van der Waals surface area (Å²) in [6, 6.07) is 2.11. The highest BCUT2D eigenvalue weighted by atomic mass is 16.7. The molecule has 0 saturated carbocycles. The van der Waals surface area contributed by atoms with Gasteiger partial charge in [0.05, 0.1) is 13.2 Å². The lowest BCUT2D eigenvalue weighted by atomic mass is 9.90. The molecule has 106 valence electrons. The van der Waals surface area contributed by atoms with Gasteiger partial charge in [-0.2, -0.15) is 5.26 Å². The molecule has 1 aromatic heterocycles. The summed E-state index contributed by atoms with van der Waals surface area (Å²) >= 11 is 0. The highest BCUT2D eigenvalue weighted by molar-refractivity contribution is 5.49. The number of aromatic nitrogens is 2. The van der Waals surface area contributed by atoms with Crippen molar-refractivity contribution in [1.82, 2.24) is 9.97 Å². The molecule has 3 heterocycles. The smallest absolute Gasteiger partial charge is 0.183 e. The molecular formula is C14H18N4O2. The number of rotatable bonds is 2. The van der Waals surface area contributed by atoms with Gasteiger partial charge in [0.25, 0.3) is 0 Å². The number of piperidine rings is 1. The van der Waals surface area contributed by atoms with E-state index >= 15 is 0 Å². The van der Waals surface area contributed by atoms with E-state index in [4.69, 9.17) is 14.7 Å². The lowest BCUT2D eigenvalue weighted by Gasteiger charge is -2.40. The first kappa shape index (κ1) is 13.3. The van der Waals surface area contributed by atoms with Gasteiger partial charge in [-0.1, -0.05) is 0 Å². The van der Waals surface area contributed by atoms with E-state index in [-0.39, 0.29) is 5.92 Å². The van der Waals surface area contributed by atoms with Crippen molar-refractivity contribution in [3.8, 4) is 6.07 Å². The fourth-order valence-corrected chi connectivity index (χ4v) is 3.00. The summed E-state index contributed by atoms with van der Waals surface area (Å²) in [5.74, 6) is 0.446. The van der Waals surface area contributed by atoms with Crippen LogP contribution in [0.5, 0.6) is 0 Å². The predicted octanol–water partition coefficient (Wildman–Crippen LogP) is 1.33. The maximum Gasteiger partial charge on any atom is 0.183 e. The number of hydrogen-bond donors (Lipinski definition) is 0. The summed E-state index contributed by atoms with van der Waals surface area (Å²) in [5, 5.41) is 9.15. The first-order valence-electron chi connectivity index (χ1n) is 6.97. The Morgan fingerprint density at radius 2 is 2.10 bits per heavy atom. The number of nitrogens with zero attached hydrogens (tertiary/aromatic N) is 4. The van der Waals surface area contributed by atoms with Gasteiger partial charge in [-0.25, -0.2) is 9.97 Å². The summed E-state index contributed by atoms with van der Waals surface area (Å²) < 4.78 is 11.5. The van der Waals surface area contributed by atoms with E-state index in [9.17, 15) is 0 Å². The van der Waals surface area contributed by atoms with E-state index in [1.54, 1.807) is 12.4 Å². The third kappa shape index (κ3) is 2.35. The quantitative estimate of drug-likeness (QED) is 0.810. The van der Waals surface area contributed by atoms with Crippen LogP contribution < -0.4 is 4.90 Å². The second kappa shape index (κ2) is 5.35. The summed E-state index contributed by atoms with van der Waals surface area (Å²) in [6.07, 6.45) is 5.28. The van der Waals surface area contributed by atoms with Crippen LogP contribution in [0.4, 0.5) is 5.82 Å². The van der Waals surface area contributed by atoms with Crippen LogP contribution in [0.15, 0.2) is 12.4 Å². The van der Waals surface area contributed by atoms with Gasteiger partial charge in [-0.3, -0.25) is 0 Å². The molecule has 6 nitrogen and oxygen atoms in total. The minimum absolute atomic E-state index is 0.285. The maximum atomic E-state index is 9.15. The van der Waals surface area contributed by atoms with Crippen LogP contribution >= 0.6 is 0 Å². The number of hydrogen-bond acceptors (Lipinski definition) is 6. The molecular weight excluding hydrogens is 256 g/mol. The van der Waals surface area contributed by atoms with Crippen LogP contribution in [0.25, 0.3) is 0 Å². The molecule has 6 heteroatoms. The first-order chi connectivity index (χ1) is 9.73. The van der Waals surface area contributed by atoms with Gasteiger partial charge in [0.2, 0.25) is 0 Å². The molecule has 0 aliphatic carbocycles. The van der Waals surface area contributed by atoms with Crippen LogP contribution in [0.3, 0.4) is 0 Å².